The number of rotatable bonds is 13. The number of aliphatic hydroxyl groups excluding tert-OH is 3. The van der Waals surface area contributed by atoms with E-state index in [1.54, 1.807) is 0 Å². The van der Waals surface area contributed by atoms with Gasteiger partial charge in [0.2, 0.25) is 17.7 Å². The van der Waals surface area contributed by atoms with E-state index < -0.39 is 96.9 Å². The zero-order valence-corrected chi connectivity index (χ0v) is 29.6. The second-order valence-electron chi connectivity index (χ2n) is 11.5. The zero-order chi connectivity index (χ0) is 38.8. The lowest BCUT2D eigenvalue weighted by atomic mass is 10.1. The molecule has 2 aliphatic heterocycles. The number of fused-ring (bicyclic) bond motifs is 2. The van der Waals surface area contributed by atoms with Crippen LogP contribution in [0.15, 0.2) is 22.2 Å². The van der Waals surface area contributed by atoms with Crippen molar-refractivity contribution in [3.8, 4) is 0 Å². The summed E-state index contributed by atoms with van der Waals surface area (Å²) in [5.74, 6) is -0.549. The number of phosphoric ester groups is 2. The third kappa shape index (κ3) is 7.85. The largest absolute Gasteiger partial charge is 0.490 e. The smallest absolute Gasteiger partial charge is 0.387 e. The van der Waals surface area contributed by atoms with Gasteiger partial charge >= 0.3 is 29.1 Å². The number of nitrogens with one attached hydrogen (secondary N) is 2. The molecule has 6 heterocycles. The van der Waals surface area contributed by atoms with Crippen LogP contribution < -0.4 is 27.2 Å². The first-order valence-corrected chi connectivity index (χ1v) is 19.3. The molecule has 5 unspecified atom stereocenters. The molecule has 12 N–H and O–H groups in total. The van der Waals surface area contributed by atoms with Crippen molar-refractivity contribution in [2.24, 2.45) is 7.05 Å². The van der Waals surface area contributed by atoms with Crippen molar-refractivity contribution in [1.82, 2.24) is 34.1 Å². The maximum Gasteiger partial charge on any atom is 0.490 e. The molecule has 2 fully saturated rings. The fraction of sp³-hybridized carbons (Fsp3) is 0.545. The lowest BCUT2D eigenvalue weighted by molar-refractivity contribution is -0.745. The predicted molar refractivity (Wildman–Crippen MR) is 169 cm³/mol. The highest BCUT2D eigenvalue weighted by molar-refractivity contribution is 7.66. The van der Waals surface area contributed by atoms with Crippen LogP contribution in [0.25, 0.3) is 22.3 Å². The molecule has 0 aromatic carbocycles. The summed E-state index contributed by atoms with van der Waals surface area (Å²) in [5.41, 5.74) is 9.60. The number of aryl methyl sites for hydroxylation is 1. The molecule has 4 aromatic heterocycles. The maximum atomic E-state index is 12.6. The first-order valence-electron chi connectivity index (χ1n) is 14.8. The lowest BCUT2D eigenvalue weighted by Gasteiger charge is -2.21. The van der Waals surface area contributed by atoms with Gasteiger partial charge in [0, 0.05) is 7.11 Å². The van der Waals surface area contributed by atoms with Gasteiger partial charge in [0.05, 0.1) is 26.6 Å². The fourth-order valence-corrected chi connectivity index (χ4v) is 9.24. The molecular formula is C22H32N10O18P3+. The highest BCUT2D eigenvalue weighted by Gasteiger charge is 2.51. The summed E-state index contributed by atoms with van der Waals surface area (Å²) in [6, 6.07) is 0. The number of hydrogen-bond donors (Lipinski definition) is 10. The van der Waals surface area contributed by atoms with E-state index in [1.165, 1.54) is 22.5 Å². The summed E-state index contributed by atoms with van der Waals surface area (Å²) in [5, 5.41) is 31.9. The Morgan fingerprint density at radius 1 is 0.887 bits per heavy atom. The summed E-state index contributed by atoms with van der Waals surface area (Å²) in [6.45, 7) is -2.03. The molecule has 4 aromatic rings. The number of aliphatic hydroxyl groups is 3. The molecule has 0 spiro atoms. The Bertz CT molecular complexity index is 2300. The van der Waals surface area contributed by atoms with Crippen LogP contribution in [0.3, 0.4) is 0 Å². The molecule has 6 rings (SSSR count). The van der Waals surface area contributed by atoms with Gasteiger partial charge in [0.1, 0.15) is 36.6 Å². The summed E-state index contributed by atoms with van der Waals surface area (Å²) < 4.78 is 75.3. The van der Waals surface area contributed by atoms with Crippen LogP contribution in [0.5, 0.6) is 0 Å². The van der Waals surface area contributed by atoms with Crippen LogP contribution in [0.4, 0.5) is 11.9 Å². The number of aromatic amines is 2. The third-order valence-corrected chi connectivity index (χ3v) is 12.2. The third-order valence-electron chi connectivity index (χ3n) is 7.92. The molecular weight excluding hydrogens is 785 g/mol. The number of phosphoric acid groups is 3. The van der Waals surface area contributed by atoms with Crippen LogP contribution in [-0.2, 0) is 52.6 Å². The van der Waals surface area contributed by atoms with Crippen molar-refractivity contribution in [3.05, 3.63) is 33.4 Å². The number of aromatic nitrogens is 8. The van der Waals surface area contributed by atoms with Crippen molar-refractivity contribution >= 4 is 57.7 Å². The van der Waals surface area contributed by atoms with Gasteiger partial charge in [-0.1, -0.05) is 4.98 Å². The molecule has 31 heteroatoms. The summed E-state index contributed by atoms with van der Waals surface area (Å²) >= 11 is 0. The average molecular weight is 817 g/mol. The molecule has 2 aliphatic rings. The first kappa shape index (κ1) is 39.2. The molecule has 0 bridgehead atoms. The molecule has 292 valence electrons. The van der Waals surface area contributed by atoms with Crippen molar-refractivity contribution in [2.45, 2.75) is 49.1 Å². The van der Waals surface area contributed by atoms with Gasteiger partial charge in [-0.2, -0.15) is 13.6 Å². The van der Waals surface area contributed by atoms with E-state index in [9.17, 15) is 53.3 Å². The SMILES string of the molecule is COC1C(O)[C@@H]([n+]2cn(C)c3c(=O)[nH]c(N)nc32)O[C@H]1COP(=O)(O)OP(=O)(O)OP(=O)(O)OC[C@H]1O[C@@H](n2cnc3c(=O)[nH]c(N)nc32)[C@@H](O)[C@H]1O. The highest BCUT2D eigenvalue weighted by atomic mass is 31.3. The van der Waals surface area contributed by atoms with E-state index in [-0.39, 0.29) is 34.2 Å². The van der Waals surface area contributed by atoms with E-state index in [0.29, 0.717) is 0 Å². The Hall–Kier alpha value is -3.53. The Balaban J connectivity index is 1.06. The molecule has 28 nitrogen and oxygen atoms in total. The lowest BCUT2D eigenvalue weighted by Crippen LogP contribution is -2.46. The number of nitrogens with zero attached hydrogens (tertiary/aromatic N) is 6. The van der Waals surface area contributed by atoms with E-state index in [4.69, 9.17) is 30.2 Å². The summed E-state index contributed by atoms with van der Waals surface area (Å²) in [7, 11) is -14.6. The Kier molecular flexibility index (Phi) is 10.6. The van der Waals surface area contributed by atoms with Crippen molar-refractivity contribution < 1.29 is 80.1 Å². The predicted octanol–water partition coefficient (Wildman–Crippen LogP) is -3.89. The van der Waals surface area contributed by atoms with Crippen LogP contribution in [0, 0.1) is 0 Å². The van der Waals surface area contributed by atoms with E-state index in [1.807, 2.05) is 0 Å². The molecule has 2 saturated heterocycles. The number of imidazole rings is 2. The van der Waals surface area contributed by atoms with Crippen LogP contribution >= 0.6 is 23.5 Å². The average Bonchev–Trinajstić information content (AvgIpc) is 3.76. The zero-order valence-electron chi connectivity index (χ0n) is 26.9. The summed E-state index contributed by atoms with van der Waals surface area (Å²) in [6.07, 6.45) is -9.74. The Morgan fingerprint density at radius 2 is 1.49 bits per heavy atom. The van der Waals surface area contributed by atoms with Gasteiger partial charge in [-0.25, -0.2) is 23.2 Å². The van der Waals surface area contributed by atoms with E-state index >= 15 is 0 Å². The number of hydrogen-bond acceptors (Lipinski definition) is 20. The van der Waals surface area contributed by atoms with Gasteiger partial charge in [-0.3, -0.25) is 37.7 Å². The second kappa shape index (κ2) is 14.3. The monoisotopic (exact) mass is 817 g/mol. The normalized spacial score (nSPS) is 29.7. The minimum Gasteiger partial charge on any atom is -0.387 e. The minimum atomic E-state index is -5.98. The number of H-pyrrole nitrogens is 2. The van der Waals surface area contributed by atoms with Gasteiger partial charge in [0.25, 0.3) is 17.1 Å². The maximum absolute atomic E-state index is 12.6. The van der Waals surface area contributed by atoms with Crippen molar-refractivity contribution in [1.29, 1.82) is 0 Å². The van der Waals surface area contributed by atoms with Gasteiger partial charge < -0.3 is 55.7 Å². The quantitative estimate of drug-likeness (QED) is 0.0455. The number of nitrogens with two attached hydrogens (primary N) is 2. The molecule has 53 heavy (non-hydrogen) atoms. The molecule has 0 aliphatic carbocycles. The highest BCUT2D eigenvalue weighted by Crippen LogP contribution is 2.67. The Morgan fingerprint density at radius 3 is 2.13 bits per heavy atom. The van der Waals surface area contributed by atoms with Crippen LogP contribution in [-0.4, -0.2) is 121 Å². The number of methoxy groups -OCH3 is 1. The molecule has 0 amide bonds. The fourth-order valence-electron chi connectivity index (χ4n) is 5.71. The number of ether oxygens (including phenoxy) is 3. The summed E-state index contributed by atoms with van der Waals surface area (Å²) in [4.78, 5) is 71.0. The van der Waals surface area contributed by atoms with E-state index in [2.05, 4.69) is 38.1 Å². The van der Waals surface area contributed by atoms with Crippen LogP contribution in [0.2, 0.25) is 0 Å². The van der Waals surface area contributed by atoms with E-state index in [0.717, 1.165) is 18.0 Å². The number of nitrogen functional groups attached to an aromatic ring is 2. The van der Waals surface area contributed by atoms with Gasteiger partial charge in [-0.05, 0) is 0 Å². The standard InChI is InChI=1S/C22H31N10O18P3/c1-30-6-32(16-10(30)18(37)29-22(24)27-16)20-13(35)14(44-2)8(48-20)4-46-52(40,41)50-53(42,43)49-51(38,39)45-3-7-11(33)12(34)19(47-7)31-5-25-9-15(31)26-21(23)28-17(9)36/h5-8,11-14,19-20,33-35H,3-4H2,1-2H3,(H8-,23,24,26,27,28,29,36,37,38,39,40,41,42,43)/p+1/t7-,8+,11+,12+,13?,14?,19-,20+/m1/s1. The topological polar surface area (TPSA) is 407 Å². The first-order chi connectivity index (χ1) is 24.7. The number of anilines is 2. The minimum absolute atomic E-state index is 0.00284. The molecule has 0 saturated carbocycles. The molecule has 0 radical (unpaired) electrons. The molecule has 11 atom stereocenters. The van der Waals surface area contributed by atoms with Crippen LogP contribution in [0.1, 0.15) is 12.5 Å². The van der Waals surface area contributed by atoms with Gasteiger partial charge in [0.15, 0.2) is 23.7 Å². The van der Waals surface area contributed by atoms with Gasteiger partial charge in [-0.15, -0.1) is 0 Å². The van der Waals surface area contributed by atoms with Crippen molar-refractivity contribution in [3.63, 3.8) is 0 Å². The Labute approximate surface area is 293 Å². The second-order valence-corrected chi connectivity index (χ2v) is 16.1. The van der Waals surface area contributed by atoms with Crippen molar-refractivity contribution in [2.75, 3.05) is 31.8 Å².